The Hall–Kier alpha value is -3.05. The Morgan fingerprint density at radius 3 is 2.70 bits per heavy atom. The second kappa shape index (κ2) is 11.2. The number of carbonyl (C=O) groups is 1. The van der Waals surface area contributed by atoms with Gasteiger partial charge >= 0.3 is 5.69 Å². The molecule has 0 atom stereocenters. The number of amides is 1. The highest BCUT2D eigenvalue weighted by atomic mass is 32.2. The molecule has 0 radical (unpaired) electrons. The number of carbonyl (C=O) groups excluding carboxylic acids is 1. The number of nitrogens with one attached hydrogen (secondary N) is 1. The second-order valence-corrected chi connectivity index (χ2v) is 8.40. The number of hydrogen-bond donors (Lipinski definition) is 2. The number of aryl methyl sites for hydroxylation is 1. The van der Waals surface area contributed by atoms with Crippen LogP contribution in [0.2, 0.25) is 0 Å². The Bertz CT molecular complexity index is 1230. The van der Waals surface area contributed by atoms with Gasteiger partial charge in [-0.2, -0.15) is 0 Å². The number of para-hydroxylation sites is 2. The molecule has 3 rings (SSSR count). The highest BCUT2D eigenvalue weighted by Gasteiger charge is 2.25. The van der Waals surface area contributed by atoms with Crippen molar-refractivity contribution >= 4 is 40.2 Å². The lowest BCUT2D eigenvalue weighted by molar-refractivity contribution is -0.116. The summed E-state index contributed by atoms with van der Waals surface area (Å²) >= 11 is 1.29. The molecule has 2 aromatic heterocycles. The van der Waals surface area contributed by atoms with Crippen LogP contribution in [0.1, 0.15) is 26.7 Å². The monoisotopic (exact) mass is 474 g/mol. The van der Waals surface area contributed by atoms with Crippen molar-refractivity contribution < 1.29 is 9.53 Å². The number of benzene rings is 1. The number of nitrogens with zero attached hydrogens (tertiary/aromatic N) is 4. The highest BCUT2D eigenvalue weighted by molar-refractivity contribution is 7.99. The largest absolute Gasteiger partial charge is 0.383 e. The van der Waals surface area contributed by atoms with E-state index in [0.29, 0.717) is 24.7 Å². The van der Waals surface area contributed by atoms with Gasteiger partial charge in [-0.15, -0.1) is 0 Å². The first-order chi connectivity index (χ1) is 15.9. The molecule has 178 valence electrons. The standard InChI is InChI=1S/C22H30N6O4S/c1-4-6-11-28-19(23)18(20(30)25-21(28)31)27(12-13-32-3)17(29)14-33-22-24-15-9-7-8-10-16(15)26(22)5-2/h7-10H,4-6,11-14,23H2,1-3H3,(H,25,30,31). The number of anilines is 2. The van der Waals surface area contributed by atoms with Gasteiger partial charge in [0, 0.05) is 26.7 Å². The number of unbranched alkanes of at least 4 members (excludes halogenated alkanes) is 1. The van der Waals surface area contributed by atoms with Crippen molar-refractivity contribution in [2.24, 2.45) is 0 Å². The molecule has 0 unspecified atom stereocenters. The van der Waals surface area contributed by atoms with E-state index in [2.05, 4.69) is 9.97 Å². The molecule has 1 amide bonds. The van der Waals surface area contributed by atoms with Crippen molar-refractivity contribution in [2.75, 3.05) is 36.6 Å². The molecule has 0 aliphatic heterocycles. The molecule has 0 fully saturated rings. The number of ether oxygens (including phenoxy) is 1. The third-order valence-corrected chi connectivity index (χ3v) is 6.26. The molecule has 0 spiro atoms. The van der Waals surface area contributed by atoms with Gasteiger partial charge in [-0.05, 0) is 25.5 Å². The summed E-state index contributed by atoms with van der Waals surface area (Å²) in [4.78, 5) is 46.5. The van der Waals surface area contributed by atoms with E-state index in [1.165, 1.54) is 28.3 Å². The molecule has 10 nitrogen and oxygen atoms in total. The average molecular weight is 475 g/mol. The first kappa shape index (κ1) is 24.6. The van der Waals surface area contributed by atoms with Crippen molar-refractivity contribution in [3.05, 3.63) is 45.1 Å². The van der Waals surface area contributed by atoms with Crippen molar-refractivity contribution in [2.45, 2.75) is 44.9 Å². The Balaban J connectivity index is 1.92. The molecule has 3 aromatic rings. The molecule has 1 aromatic carbocycles. The summed E-state index contributed by atoms with van der Waals surface area (Å²) in [6.45, 7) is 5.40. The predicted molar refractivity (Wildman–Crippen MR) is 131 cm³/mol. The molecule has 3 N–H and O–H groups in total. The van der Waals surface area contributed by atoms with Crippen LogP contribution in [0.25, 0.3) is 11.0 Å². The van der Waals surface area contributed by atoms with Gasteiger partial charge < -0.3 is 19.9 Å². The van der Waals surface area contributed by atoms with Gasteiger partial charge in [-0.25, -0.2) is 9.78 Å². The zero-order valence-electron chi connectivity index (χ0n) is 19.2. The molecule has 0 bridgehead atoms. The summed E-state index contributed by atoms with van der Waals surface area (Å²) in [5, 5.41) is 0.716. The quantitative estimate of drug-likeness (QED) is 0.407. The molecular formula is C22H30N6O4S. The van der Waals surface area contributed by atoms with E-state index in [9.17, 15) is 14.4 Å². The van der Waals surface area contributed by atoms with Crippen LogP contribution in [-0.2, 0) is 22.6 Å². The molecule has 0 saturated heterocycles. The van der Waals surface area contributed by atoms with Crippen molar-refractivity contribution in [1.82, 2.24) is 19.1 Å². The Labute approximate surface area is 195 Å². The normalized spacial score (nSPS) is 11.2. The van der Waals surface area contributed by atoms with Gasteiger partial charge in [0.2, 0.25) is 5.91 Å². The topological polar surface area (TPSA) is 128 Å². The molecule has 0 saturated carbocycles. The van der Waals surface area contributed by atoms with E-state index in [1.807, 2.05) is 42.7 Å². The maximum Gasteiger partial charge on any atom is 0.330 e. The second-order valence-electron chi connectivity index (χ2n) is 7.45. The first-order valence-electron chi connectivity index (χ1n) is 10.9. The molecular weight excluding hydrogens is 444 g/mol. The van der Waals surface area contributed by atoms with E-state index >= 15 is 0 Å². The van der Waals surface area contributed by atoms with Crippen LogP contribution in [0, 0.1) is 0 Å². The average Bonchev–Trinajstić information content (AvgIpc) is 3.16. The zero-order chi connectivity index (χ0) is 24.0. The van der Waals surface area contributed by atoms with Gasteiger partial charge in [-0.3, -0.25) is 19.1 Å². The van der Waals surface area contributed by atoms with Gasteiger partial charge in [0.15, 0.2) is 10.8 Å². The number of nitrogens with two attached hydrogens (primary N) is 1. The van der Waals surface area contributed by atoms with Crippen LogP contribution in [0.15, 0.2) is 39.0 Å². The van der Waals surface area contributed by atoms with E-state index in [-0.39, 0.29) is 36.3 Å². The number of fused-ring (bicyclic) bond motifs is 1. The van der Waals surface area contributed by atoms with Gasteiger partial charge in [0.05, 0.1) is 23.4 Å². The summed E-state index contributed by atoms with van der Waals surface area (Å²) in [5.41, 5.74) is 6.77. The molecule has 11 heteroatoms. The van der Waals surface area contributed by atoms with Crippen LogP contribution in [0.3, 0.4) is 0 Å². The van der Waals surface area contributed by atoms with Crippen molar-refractivity contribution in [1.29, 1.82) is 0 Å². The third kappa shape index (κ3) is 5.31. The number of H-pyrrole nitrogens is 1. The maximum absolute atomic E-state index is 13.3. The Morgan fingerprint density at radius 2 is 2.00 bits per heavy atom. The van der Waals surface area contributed by atoms with E-state index < -0.39 is 11.2 Å². The first-order valence-corrected chi connectivity index (χ1v) is 11.9. The number of nitrogen functional groups attached to an aromatic ring is 1. The van der Waals surface area contributed by atoms with Crippen molar-refractivity contribution in [3.63, 3.8) is 0 Å². The number of thioether (sulfide) groups is 1. The minimum atomic E-state index is -0.694. The van der Waals surface area contributed by atoms with E-state index in [1.54, 1.807) is 0 Å². The van der Waals surface area contributed by atoms with Crippen LogP contribution in [0.4, 0.5) is 11.5 Å². The molecule has 0 aliphatic rings. The number of hydrogen-bond acceptors (Lipinski definition) is 7. The minimum absolute atomic E-state index is 0.0209. The summed E-state index contributed by atoms with van der Waals surface area (Å²) < 4.78 is 8.49. The molecule has 33 heavy (non-hydrogen) atoms. The maximum atomic E-state index is 13.3. The van der Waals surface area contributed by atoms with E-state index in [4.69, 9.17) is 10.5 Å². The lowest BCUT2D eigenvalue weighted by atomic mass is 10.3. The number of imidazole rings is 1. The minimum Gasteiger partial charge on any atom is -0.383 e. The summed E-state index contributed by atoms with van der Waals surface area (Å²) in [6.07, 6.45) is 1.56. The van der Waals surface area contributed by atoms with Gasteiger partial charge in [-0.1, -0.05) is 37.2 Å². The van der Waals surface area contributed by atoms with Crippen LogP contribution < -0.4 is 21.9 Å². The van der Waals surface area contributed by atoms with Crippen molar-refractivity contribution in [3.8, 4) is 0 Å². The Morgan fingerprint density at radius 1 is 1.24 bits per heavy atom. The number of rotatable bonds is 11. The Kier molecular flexibility index (Phi) is 8.34. The van der Waals surface area contributed by atoms with Gasteiger partial charge in [0.1, 0.15) is 5.82 Å². The zero-order valence-corrected chi connectivity index (χ0v) is 20.0. The van der Waals surface area contributed by atoms with Crippen LogP contribution in [0.5, 0.6) is 0 Å². The number of aromatic amines is 1. The molecule has 0 aliphatic carbocycles. The summed E-state index contributed by atoms with van der Waals surface area (Å²) in [5.74, 6) is -0.308. The fraction of sp³-hybridized carbons (Fsp3) is 0.455. The van der Waals surface area contributed by atoms with Crippen LogP contribution in [-0.4, -0.2) is 51.0 Å². The SMILES string of the molecule is CCCCn1c(N)c(N(CCOC)C(=O)CSc2nc3ccccc3n2CC)c(=O)[nH]c1=O. The predicted octanol–water partition coefficient (Wildman–Crippen LogP) is 2.06. The molecule has 2 heterocycles. The van der Waals surface area contributed by atoms with E-state index in [0.717, 1.165) is 17.5 Å². The lowest BCUT2D eigenvalue weighted by Gasteiger charge is -2.24. The lowest BCUT2D eigenvalue weighted by Crippen LogP contribution is -2.43. The smallest absolute Gasteiger partial charge is 0.330 e. The fourth-order valence-electron chi connectivity index (χ4n) is 3.59. The summed E-state index contributed by atoms with van der Waals surface area (Å²) in [6, 6.07) is 7.79. The summed E-state index contributed by atoms with van der Waals surface area (Å²) in [7, 11) is 1.51. The number of aromatic nitrogens is 4. The number of methoxy groups -OCH3 is 1. The van der Waals surface area contributed by atoms with Crippen LogP contribution >= 0.6 is 11.8 Å². The fourth-order valence-corrected chi connectivity index (χ4v) is 4.55. The van der Waals surface area contributed by atoms with Gasteiger partial charge in [0.25, 0.3) is 5.56 Å². The highest BCUT2D eigenvalue weighted by Crippen LogP contribution is 2.25. The third-order valence-electron chi connectivity index (χ3n) is 5.30.